The Bertz CT molecular complexity index is 1210. The Kier molecular flexibility index (Phi) is 8.60. The van der Waals surface area contributed by atoms with E-state index in [9.17, 15) is 31.1 Å². The summed E-state index contributed by atoms with van der Waals surface area (Å²) in [5, 5.41) is 0.0820. The minimum absolute atomic E-state index is 0.0820. The zero-order valence-electron chi connectivity index (χ0n) is 19.3. The number of hydrogen-bond donors (Lipinski definition) is 0. The second kappa shape index (κ2) is 11.1. The quantitative estimate of drug-likeness (QED) is 0.164. The van der Waals surface area contributed by atoms with E-state index in [4.69, 9.17) is 9.47 Å². The van der Waals surface area contributed by atoms with E-state index < -0.39 is 29.4 Å². The Morgan fingerprint density at radius 1 is 1.00 bits per heavy atom. The molecule has 1 aromatic heterocycles. The van der Waals surface area contributed by atoms with Crippen LogP contribution in [0.25, 0.3) is 10.6 Å². The van der Waals surface area contributed by atoms with Gasteiger partial charge in [-0.1, -0.05) is 0 Å². The van der Waals surface area contributed by atoms with Crippen molar-refractivity contribution in [3.05, 3.63) is 63.7 Å². The van der Waals surface area contributed by atoms with Crippen molar-refractivity contribution in [3.8, 4) is 16.3 Å². The molecule has 4 nitrogen and oxygen atoms in total. The summed E-state index contributed by atoms with van der Waals surface area (Å²) in [5.74, 6) is 0.459. The van der Waals surface area contributed by atoms with Gasteiger partial charge in [0.15, 0.2) is 6.61 Å². The van der Waals surface area contributed by atoms with Crippen LogP contribution in [-0.2, 0) is 27.6 Å². The lowest BCUT2D eigenvalue weighted by atomic mass is 10.1. The summed E-state index contributed by atoms with van der Waals surface area (Å²) >= 11 is 2.48. The number of hydrogen-bond acceptors (Lipinski definition) is 6. The van der Waals surface area contributed by atoms with E-state index >= 15 is 0 Å². The van der Waals surface area contributed by atoms with Gasteiger partial charge < -0.3 is 9.47 Å². The lowest BCUT2D eigenvalue weighted by Gasteiger charge is -2.13. The molecule has 0 N–H and O–H groups in total. The van der Waals surface area contributed by atoms with Gasteiger partial charge in [-0.2, -0.15) is 26.3 Å². The Hall–Kier alpha value is -2.73. The molecule has 0 aliphatic rings. The molecule has 0 saturated heterocycles. The third kappa shape index (κ3) is 7.16. The molecule has 0 atom stereocenters. The van der Waals surface area contributed by atoms with Crippen LogP contribution in [0, 0.1) is 13.8 Å². The molecule has 0 unspecified atom stereocenters. The topological polar surface area (TPSA) is 48.4 Å². The van der Waals surface area contributed by atoms with Gasteiger partial charge in [0.25, 0.3) is 0 Å². The fraction of sp³-hybridized carbons (Fsp3) is 0.333. The molecule has 0 amide bonds. The highest BCUT2D eigenvalue weighted by atomic mass is 32.2. The van der Waals surface area contributed by atoms with Gasteiger partial charge in [0.2, 0.25) is 0 Å². The van der Waals surface area contributed by atoms with Gasteiger partial charge in [0.1, 0.15) is 10.8 Å². The van der Waals surface area contributed by atoms with Crippen LogP contribution in [0.15, 0.2) is 41.3 Å². The summed E-state index contributed by atoms with van der Waals surface area (Å²) in [6.07, 6.45) is -9.85. The maximum absolute atomic E-state index is 13.2. The smallest absolute Gasteiger partial charge is 0.416 e. The van der Waals surface area contributed by atoms with Crippen molar-refractivity contribution in [2.75, 3.05) is 13.2 Å². The Balaban J connectivity index is 1.77. The summed E-state index contributed by atoms with van der Waals surface area (Å²) < 4.78 is 89.5. The number of alkyl halides is 6. The summed E-state index contributed by atoms with van der Waals surface area (Å²) in [4.78, 5) is 17.3. The van der Waals surface area contributed by atoms with Crippen molar-refractivity contribution in [1.82, 2.24) is 4.98 Å². The third-order valence-corrected chi connectivity index (χ3v) is 7.30. The first kappa shape index (κ1) is 27.9. The average molecular weight is 550 g/mol. The number of esters is 1. The zero-order valence-corrected chi connectivity index (χ0v) is 21.0. The number of nitrogens with zero attached hydrogens (tertiary/aromatic N) is 1. The van der Waals surface area contributed by atoms with Gasteiger partial charge in [-0.25, -0.2) is 9.78 Å². The highest BCUT2D eigenvalue weighted by Crippen LogP contribution is 2.40. The maximum atomic E-state index is 13.2. The molecule has 0 radical (unpaired) electrons. The lowest BCUT2D eigenvalue weighted by Crippen LogP contribution is -2.14. The van der Waals surface area contributed by atoms with Crippen molar-refractivity contribution < 1.29 is 40.6 Å². The van der Waals surface area contributed by atoms with E-state index in [1.165, 1.54) is 11.8 Å². The van der Waals surface area contributed by atoms with Crippen molar-refractivity contribution in [2.24, 2.45) is 0 Å². The first-order valence-corrected chi connectivity index (χ1v) is 12.4. The van der Waals surface area contributed by atoms with Crippen molar-refractivity contribution >= 4 is 29.1 Å². The second-order valence-corrected chi connectivity index (χ2v) is 9.76. The molecule has 3 aromatic rings. The normalized spacial score (nSPS) is 12.0. The molecule has 3 rings (SSSR count). The van der Waals surface area contributed by atoms with E-state index in [1.54, 1.807) is 26.0 Å². The highest BCUT2D eigenvalue weighted by Gasteiger charge is 2.37. The SMILES string of the molecule is CCOC(=O)COc1ccc(SCc2sc(-c3cc(C(F)(F)F)cc(C(F)(F)F)c3)nc2C)cc1C. The summed E-state index contributed by atoms with van der Waals surface area (Å²) in [5.41, 5.74) is -1.68. The van der Waals surface area contributed by atoms with Crippen LogP contribution in [0.3, 0.4) is 0 Å². The van der Waals surface area contributed by atoms with Crippen molar-refractivity contribution in [1.29, 1.82) is 0 Å². The fourth-order valence-electron chi connectivity index (χ4n) is 3.13. The molecule has 0 aliphatic carbocycles. The van der Waals surface area contributed by atoms with Crippen LogP contribution in [0.5, 0.6) is 5.75 Å². The van der Waals surface area contributed by atoms with Crippen molar-refractivity contribution in [3.63, 3.8) is 0 Å². The summed E-state index contributed by atoms with van der Waals surface area (Å²) in [6, 6.07) is 6.82. The standard InChI is InChI=1S/C24H21F6NO3S2/c1-4-33-21(32)11-34-19-6-5-18(7-13(19)2)35-12-20-14(3)31-22(36-20)15-8-16(23(25,26)27)10-17(9-15)24(28,29)30/h5-10H,4,11-12H2,1-3H3. The predicted molar refractivity (Wildman–Crippen MR) is 125 cm³/mol. The van der Waals surface area contributed by atoms with E-state index in [-0.39, 0.29) is 29.9 Å². The van der Waals surface area contributed by atoms with Crippen LogP contribution in [0.1, 0.15) is 34.2 Å². The van der Waals surface area contributed by atoms with Crippen LogP contribution in [0.2, 0.25) is 0 Å². The Morgan fingerprint density at radius 2 is 1.64 bits per heavy atom. The molecule has 2 aromatic carbocycles. The zero-order chi connectivity index (χ0) is 26.7. The Labute approximate surface area is 211 Å². The average Bonchev–Trinajstić information content (AvgIpc) is 3.16. The number of carbonyl (C=O) groups is 1. The molecule has 0 saturated carbocycles. The molecule has 194 valence electrons. The summed E-state index contributed by atoms with van der Waals surface area (Å²) in [7, 11) is 0. The number of aryl methyl sites for hydroxylation is 2. The van der Waals surface area contributed by atoms with Gasteiger partial charge >= 0.3 is 18.3 Å². The molecule has 1 heterocycles. The number of thiazole rings is 1. The van der Waals surface area contributed by atoms with Gasteiger partial charge in [-0.05, 0) is 62.7 Å². The maximum Gasteiger partial charge on any atom is 0.416 e. The molecule has 36 heavy (non-hydrogen) atoms. The van der Waals surface area contributed by atoms with E-state index in [0.717, 1.165) is 26.7 Å². The molecular formula is C24H21F6NO3S2. The highest BCUT2D eigenvalue weighted by molar-refractivity contribution is 7.98. The number of thioether (sulfide) groups is 1. The summed E-state index contributed by atoms with van der Waals surface area (Å²) in [6.45, 7) is 5.21. The molecular weight excluding hydrogens is 528 g/mol. The minimum atomic E-state index is -4.93. The predicted octanol–water partition coefficient (Wildman–Crippen LogP) is 7.70. The first-order chi connectivity index (χ1) is 16.8. The molecule has 0 spiro atoms. The number of aromatic nitrogens is 1. The number of rotatable bonds is 8. The number of carbonyl (C=O) groups excluding carboxylic acids is 1. The van der Waals surface area contributed by atoms with Crippen LogP contribution in [0.4, 0.5) is 26.3 Å². The van der Waals surface area contributed by atoms with E-state index in [1.807, 2.05) is 13.0 Å². The van der Waals surface area contributed by atoms with Gasteiger partial charge in [0.05, 0.1) is 23.4 Å². The largest absolute Gasteiger partial charge is 0.482 e. The number of ether oxygens (including phenoxy) is 2. The van der Waals surface area contributed by atoms with Crippen molar-refractivity contribution in [2.45, 2.75) is 43.8 Å². The Morgan fingerprint density at radius 3 is 2.19 bits per heavy atom. The number of benzene rings is 2. The van der Waals surface area contributed by atoms with Gasteiger partial charge in [-0.15, -0.1) is 23.1 Å². The second-order valence-electron chi connectivity index (χ2n) is 7.63. The fourth-order valence-corrected chi connectivity index (χ4v) is 5.31. The molecule has 0 fully saturated rings. The molecule has 0 aliphatic heterocycles. The van der Waals surface area contributed by atoms with Gasteiger partial charge in [0, 0.05) is 21.1 Å². The van der Waals surface area contributed by atoms with Crippen LogP contribution >= 0.6 is 23.1 Å². The third-order valence-electron chi connectivity index (χ3n) is 4.89. The molecule has 0 bridgehead atoms. The van der Waals surface area contributed by atoms with E-state index in [2.05, 4.69) is 4.98 Å². The van der Waals surface area contributed by atoms with E-state index in [0.29, 0.717) is 29.3 Å². The number of halogens is 6. The lowest BCUT2D eigenvalue weighted by molar-refractivity contribution is -0.145. The van der Waals surface area contributed by atoms with Crippen LogP contribution < -0.4 is 4.74 Å². The minimum Gasteiger partial charge on any atom is -0.482 e. The monoisotopic (exact) mass is 549 g/mol. The van der Waals surface area contributed by atoms with Crippen LogP contribution in [-0.4, -0.2) is 24.2 Å². The molecule has 12 heteroatoms. The van der Waals surface area contributed by atoms with Gasteiger partial charge in [-0.3, -0.25) is 0 Å². The first-order valence-electron chi connectivity index (χ1n) is 10.6.